The monoisotopic (exact) mass is 266 g/mol. The Kier molecular flexibility index (Phi) is 3.52. The summed E-state index contributed by atoms with van der Waals surface area (Å²) in [5.41, 5.74) is -0.319. The number of aromatic nitrogens is 2. The largest absolute Gasteiger partial charge is 0.419 e. The number of nitrogens with one attached hydrogen (secondary N) is 1. The number of nitrogens with zero attached hydrogens (tertiary/aromatic N) is 3. The Balaban J connectivity index is 2.47. The molecule has 0 saturated heterocycles. The van der Waals surface area contributed by atoms with Crippen LogP contribution < -0.4 is 5.32 Å². The lowest BCUT2D eigenvalue weighted by Crippen LogP contribution is -2.12. The zero-order valence-electron chi connectivity index (χ0n) is 10.3. The molecule has 0 bridgehead atoms. The van der Waals surface area contributed by atoms with Gasteiger partial charge in [0.25, 0.3) is 11.6 Å². The minimum atomic E-state index is -0.696. The van der Waals surface area contributed by atoms with Gasteiger partial charge in [-0.2, -0.15) is 0 Å². The Bertz CT molecular complexity index is 614. The first-order valence-electron chi connectivity index (χ1n) is 5.48. The van der Waals surface area contributed by atoms with E-state index in [1.165, 1.54) is 6.07 Å². The maximum absolute atomic E-state index is 13.0. The SMILES string of the molecule is CNC(C)c1nnc(-c2ccc(F)cc2[N+](=O)[O-])o1. The molecule has 1 atom stereocenters. The van der Waals surface area contributed by atoms with Gasteiger partial charge < -0.3 is 9.73 Å². The normalized spacial score (nSPS) is 12.4. The third kappa shape index (κ3) is 2.58. The Morgan fingerprint density at radius 2 is 2.21 bits per heavy atom. The van der Waals surface area contributed by atoms with Crippen LogP contribution in [0.25, 0.3) is 11.5 Å². The summed E-state index contributed by atoms with van der Waals surface area (Å²) in [6, 6.07) is 2.99. The highest BCUT2D eigenvalue weighted by Gasteiger charge is 2.22. The molecule has 19 heavy (non-hydrogen) atoms. The van der Waals surface area contributed by atoms with Crippen molar-refractivity contribution in [2.24, 2.45) is 0 Å². The predicted molar refractivity (Wildman–Crippen MR) is 63.8 cm³/mol. The van der Waals surface area contributed by atoms with Crippen LogP contribution in [0.2, 0.25) is 0 Å². The van der Waals surface area contributed by atoms with E-state index in [1.807, 2.05) is 0 Å². The van der Waals surface area contributed by atoms with Gasteiger partial charge in [-0.15, -0.1) is 10.2 Å². The topological polar surface area (TPSA) is 94.1 Å². The van der Waals surface area contributed by atoms with Gasteiger partial charge in [-0.05, 0) is 26.1 Å². The number of nitro groups is 1. The van der Waals surface area contributed by atoms with E-state index in [9.17, 15) is 14.5 Å². The van der Waals surface area contributed by atoms with Crippen molar-refractivity contribution in [2.45, 2.75) is 13.0 Å². The zero-order valence-corrected chi connectivity index (χ0v) is 10.3. The maximum Gasteiger partial charge on any atom is 0.285 e. The summed E-state index contributed by atoms with van der Waals surface area (Å²) in [6.07, 6.45) is 0. The standard InChI is InChI=1S/C11H11FN4O3/c1-6(13-2)10-14-15-11(19-10)8-4-3-7(12)5-9(8)16(17)18/h3-6,13H,1-2H3. The summed E-state index contributed by atoms with van der Waals surface area (Å²) in [5, 5.41) is 21.3. The molecule has 0 aliphatic rings. The molecule has 1 aromatic carbocycles. The molecule has 1 aromatic heterocycles. The fourth-order valence-corrected chi connectivity index (χ4v) is 1.48. The van der Waals surface area contributed by atoms with Crippen molar-refractivity contribution in [1.82, 2.24) is 15.5 Å². The highest BCUT2D eigenvalue weighted by Crippen LogP contribution is 2.30. The lowest BCUT2D eigenvalue weighted by molar-refractivity contribution is -0.384. The van der Waals surface area contributed by atoms with Gasteiger partial charge in [0, 0.05) is 0 Å². The van der Waals surface area contributed by atoms with E-state index in [1.54, 1.807) is 14.0 Å². The smallest absolute Gasteiger partial charge is 0.285 e. The number of rotatable bonds is 4. The van der Waals surface area contributed by atoms with E-state index in [0.29, 0.717) is 5.89 Å². The fourth-order valence-electron chi connectivity index (χ4n) is 1.48. The molecule has 0 spiro atoms. The van der Waals surface area contributed by atoms with Crippen LogP contribution in [0, 0.1) is 15.9 Å². The minimum absolute atomic E-state index is 0.0104. The molecule has 0 aliphatic carbocycles. The summed E-state index contributed by atoms with van der Waals surface area (Å²) in [4.78, 5) is 10.2. The van der Waals surface area contributed by atoms with Crippen LogP contribution in [0.1, 0.15) is 18.9 Å². The predicted octanol–water partition coefficient (Wildman–Crippen LogP) is 2.06. The van der Waals surface area contributed by atoms with Crippen LogP contribution in [0.15, 0.2) is 22.6 Å². The number of hydrogen-bond acceptors (Lipinski definition) is 6. The molecule has 8 heteroatoms. The van der Waals surface area contributed by atoms with Crippen molar-refractivity contribution in [1.29, 1.82) is 0 Å². The number of hydrogen-bond donors (Lipinski definition) is 1. The molecule has 7 nitrogen and oxygen atoms in total. The highest BCUT2D eigenvalue weighted by atomic mass is 19.1. The molecule has 100 valence electrons. The van der Waals surface area contributed by atoms with Gasteiger partial charge in [0.05, 0.1) is 17.0 Å². The van der Waals surface area contributed by atoms with Gasteiger partial charge in [-0.25, -0.2) is 4.39 Å². The third-order valence-electron chi connectivity index (χ3n) is 2.63. The van der Waals surface area contributed by atoms with E-state index in [-0.39, 0.29) is 17.5 Å². The summed E-state index contributed by atoms with van der Waals surface area (Å²) in [6.45, 7) is 1.80. The Morgan fingerprint density at radius 1 is 1.47 bits per heavy atom. The zero-order chi connectivity index (χ0) is 14.0. The number of halogens is 1. The Morgan fingerprint density at radius 3 is 2.84 bits per heavy atom. The van der Waals surface area contributed by atoms with Gasteiger partial charge in [0.15, 0.2) is 0 Å². The maximum atomic E-state index is 13.0. The molecule has 1 unspecified atom stereocenters. The Labute approximate surface area is 107 Å². The van der Waals surface area contributed by atoms with Crippen molar-refractivity contribution < 1.29 is 13.7 Å². The lowest BCUT2D eigenvalue weighted by atomic mass is 10.2. The van der Waals surface area contributed by atoms with Crippen molar-refractivity contribution in [3.05, 3.63) is 40.0 Å². The van der Waals surface area contributed by atoms with Crippen molar-refractivity contribution in [3.63, 3.8) is 0 Å². The van der Waals surface area contributed by atoms with Crippen LogP contribution in [-0.2, 0) is 0 Å². The summed E-state index contributed by atoms with van der Waals surface area (Å²) >= 11 is 0. The second-order valence-corrected chi connectivity index (χ2v) is 3.87. The molecule has 0 aliphatic heterocycles. The van der Waals surface area contributed by atoms with E-state index in [4.69, 9.17) is 4.42 Å². The molecule has 1 heterocycles. The minimum Gasteiger partial charge on any atom is -0.419 e. The number of nitro benzene ring substituents is 1. The van der Waals surface area contributed by atoms with E-state index >= 15 is 0 Å². The van der Waals surface area contributed by atoms with Crippen molar-refractivity contribution in [2.75, 3.05) is 7.05 Å². The molecular weight excluding hydrogens is 255 g/mol. The first kappa shape index (κ1) is 13.1. The van der Waals surface area contributed by atoms with Crippen LogP contribution >= 0.6 is 0 Å². The molecule has 0 fully saturated rings. The van der Waals surface area contributed by atoms with Crippen molar-refractivity contribution >= 4 is 5.69 Å². The van der Waals surface area contributed by atoms with Gasteiger partial charge >= 0.3 is 0 Å². The van der Waals surface area contributed by atoms with Crippen LogP contribution in [0.5, 0.6) is 0 Å². The quantitative estimate of drug-likeness (QED) is 0.672. The molecular formula is C11H11FN4O3. The first-order chi connectivity index (χ1) is 9.02. The summed E-state index contributed by atoms with van der Waals surface area (Å²) in [7, 11) is 1.72. The van der Waals surface area contributed by atoms with Crippen molar-refractivity contribution in [3.8, 4) is 11.5 Å². The lowest BCUT2D eigenvalue weighted by Gasteiger charge is -2.02. The van der Waals surface area contributed by atoms with E-state index in [2.05, 4.69) is 15.5 Å². The van der Waals surface area contributed by atoms with Crippen LogP contribution in [-0.4, -0.2) is 22.2 Å². The molecule has 0 amide bonds. The second-order valence-electron chi connectivity index (χ2n) is 3.87. The van der Waals surface area contributed by atoms with Gasteiger partial charge in [0.1, 0.15) is 11.4 Å². The first-order valence-corrected chi connectivity index (χ1v) is 5.48. The molecule has 0 radical (unpaired) electrons. The number of benzene rings is 1. The van der Waals surface area contributed by atoms with Gasteiger partial charge in [0.2, 0.25) is 5.89 Å². The highest BCUT2D eigenvalue weighted by molar-refractivity contribution is 5.66. The average molecular weight is 266 g/mol. The summed E-state index contributed by atoms with van der Waals surface area (Å²) < 4.78 is 18.4. The van der Waals surface area contributed by atoms with Crippen LogP contribution in [0.4, 0.5) is 10.1 Å². The average Bonchev–Trinajstić information content (AvgIpc) is 2.87. The molecule has 0 saturated carbocycles. The Hall–Kier alpha value is -2.35. The molecule has 2 aromatic rings. The summed E-state index contributed by atoms with van der Waals surface area (Å²) in [5.74, 6) is -0.404. The van der Waals surface area contributed by atoms with E-state index in [0.717, 1.165) is 12.1 Å². The van der Waals surface area contributed by atoms with Gasteiger partial charge in [-0.1, -0.05) is 0 Å². The fraction of sp³-hybridized carbons (Fsp3) is 0.273. The third-order valence-corrected chi connectivity index (χ3v) is 2.63. The van der Waals surface area contributed by atoms with Gasteiger partial charge in [-0.3, -0.25) is 10.1 Å². The molecule has 1 N–H and O–H groups in total. The van der Waals surface area contributed by atoms with Crippen LogP contribution in [0.3, 0.4) is 0 Å². The van der Waals surface area contributed by atoms with E-state index < -0.39 is 16.4 Å². The molecule has 2 rings (SSSR count). The second kappa shape index (κ2) is 5.11.